The van der Waals surface area contributed by atoms with Crippen molar-refractivity contribution in [2.45, 2.75) is 163 Å². The maximum Gasteiger partial charge on any atom is 0.480 e. The first-order valence-electron chi connectivity index (χ1n) is 37.4. The van der Waals surface area contributed by atoms with Crippen molar-refractivity contribution in [3.63, 3.8) is 0 Å². The number of benzene rings is 8. The van der Waals surface area contributed by atoms with Gasteiger partial charge in [0.1, 0.15) is 22.2 Å². The van der Waals surface area contributed by atoms with Crippen LogP contribution in [0.1, 0.15) is 180 Å². The number of ether oxygens (including phenoxy) is 2. The molecule has 582 valence electrons. The summed E-state index contributed by atoms with van der Waals surface area (Å²) in [6.45, 7) is 21.5. The van der Waals surface area contributed by atoms with E-state index in [0.717, 1.165) is 99.9 Å². The molecule has 12 rings (SSSR count). The summed E-state index contributed by atoms with van der Waals surface area (Å²) < 4.78 is 11.5. The summed E-state index contributed by atoms with van der Waals surface area (Å²) in [5.41, 5.74) is 12.6. The number of carboxylic acid groups (broad SMARTS) is 2. The average Bonchev–Trinajstić information content (AvgIpc) is 1.66. The van der Waals surface area contributed by atoms with Crippen molar-refractivity contribution >= 4 is 89.4 Å². The van der Waals surface area contributed by atoms with Crippen LogP contribution in [0.3, 0.4) is 0 Å². The van der Waals surface area contributed by atoms with E-state index in [1.54, 1.807) is 58.0 Å². The van der Waals surface area contributed by atoms with Gasteiger partial charge in [0.15, 0.2) is 0 Å². The van der Waals surface area contributed by atoms with Gasteiger partial charge in [0.25, 0.3) is 23.6 Å². The van der Waals surface area contributed by atoms with Crippen molar-refractivity contribution in [1.82, 2.24) is 21.3 Å². The number of aliphatic hydroxyl groups is 1. The number of allylic oxidation sites excluding steroid dienone is 3. The molecule has 0 heterocycles. The van der Waals surface area contributed by atoms with Crippen molar-refractivity contribution in [3.8, 4) is 0 Å². The highest BCUT2D eigenvalue weighted by molar-refractivity contribution is 14.1. The Kier molecular flexibility index (Phi) is 32.3. The number of halogens is 1. The Morgan fingerprint density at radius 3 is 0.973 bits per heavy atom. The SMILES string of the molecule is C/C=C/B(O)O.C/C=C/c1c(C)cccc1C(=O)NC1(C(=O)O)Cc2ccccc2C1.C/C=C/c1c(C)cccc1C(=O)NC1(C(=O)OCC)Cc2ccccc2C1.CCCc1c(C)cccc1C(=O)NC1(C(=O)O)Cc2ccccc2C1.CCO.CCOC(=O)C1(NC(=O)c2cccc(C)c2I)Cc2ccccc2C1. The lowest BCUT2D eigenvalue weighted by atomic mass is 9.92. The van der Waals surface area contributed by atoms with Crippen LogP contribution in [0.4, 0.5) is 0 Å². The lowest BCUT2D eigenvalue weighted by molar-refractivity contribution is -0.151. The fourth-order valence-electron chi connectivity index (χ4n) is 14.3. The van der Waals surface area contributed by atoms with Crippen LogP contribution in [0, 0.1) is 31.3 Å². The van der Waals surface area contributed by atoms with Gasteiger partial charge < -0.3 is 56.1 Å². The van der Waals surface area contributed by atoms with Crippen LogP contribution >= 0.6 is 22.6 Å². The quantitative estimate of drug-likeness (QED) is 0.0206. The third kappa shape index (κ3) is 21.9. The maximum absolute atomic E-state index is 13.2. The number of aliphatic carboxylic acids is 2. The molecule has 21 heteroatoms. The van der Waals surface area contributed by atoms with Gasteiger partial charge in [0.2, 0.25) is 0 Å². The van der Waals surface area contributed by atoms with Gasteiger partial charge in [0, 0.05) is 78.2 Å². The van der Waals surface area contributed by atoms with Crippen molar-refractivity contribution in [2.24, 2.45) is 0 Å². The predicted octanol–water partition coefficient (Wildman–Crippen LogP) is 13.5. The molecule has 0 unspecified atom stereocenters. The summed E-state index contributed by atoms with van der Waals surface area (Å²) in [7, 11) is -1.28. The molecule has 0 bridgehead atoms. The molecule has 4 aliphatic rings. The Balaban J connectivity index is 0.000000198. The molecule has 19 nitrogen and oxygen atoms in total. The van der Waals surface area contributed by atoms with Crippen LogP contribution < -0.4 is 21.3 Å². The molecule has 0 saturated heterocycles. The fourth-order valence-corrected chi connectivity index (χ4v) is 14.9. The molecule has 0 fully saturated rings. The molecule has 4 aliphatic carbocycles. The number of rotatable bonds is 19. The third-order valence-corrected chi connectivity index (χ3v) is 21.2. The second kappa shape index (κ2) is 40.9. The molecule has 8 aromatic carbocycles. The number of aryl methyl sites for hydroxylation is 4. The molecule has 111 heavy (non-hydrogen) atoms. The lowest BCUT2D eigenvalue weighted by Gasteiger charge is -2.28. The standard InChI is InChI=1S/C23H25NO3.C21H23NO3.C21H21NO3.C20H20INO3.C3H7BO2.C2H6O/c1-4-9-19-16(3)10-8-13-20(19)21(25)24-23(22(26)27-5-2)14-17-11-6-7-12-18(17)15-23;2*1-3-7-17-14(2)8-6-11-18(17)19(23)22-21(20(24)25)12-15-9-4-5-10-16(15)13-21;1-3-25-19(24)20(11-14-8-4-5-9-15(14)12-20)22-18(23)16-10-6-7-13(2)17(16)21;1-2-3-4(5)6;1-2-3/h4,6-13H,5,14-15H2,1-3H3,(H,24,25);4-6,8-11H,3,7,12-13H2,1-2H3,(H,22,23)(H,24,25);3-11H,12-13H2,1-2H3,(H,22,23)(H,24,25);4-10H,3,11-12H2,1-2H3,(H,22,23);2-3,5-6H,1H3;3H,2H2,1H3/b9-4+;;7-3+;;3-2+;. The van der Waals surface area contributed by atoms with Crippen molar-refractivity contribution in [2.75, 3.05) is 19.8 Å². The predicted molar refractivity (Wildman–Crippen MR) is 443 cm³/mol. The van der Waals surface area contributed by atoms with Gasteiger partial charge in [-0.2, -0.15) is 0 Å². The van der Waals surface area contributed by atoms with Crippen molar-refractivity contribution in [3.05, 3.63) is 303 Å². The minimum Gasteiger partial charge on any atom is -0.479 e. The highest BCUT2D eigenvalue weighted by Gasteiger charge is 2.50. The largest absolute Gasteiger partial charge is 0.480 e. The molecule has 0 spiro atoms. The molecule has 0 radical (unpaired) electrons. The normalized spacial score (nSPS) is 14.3. The first-order valence-corrected chi connectivity index (χ1v) is 38.4. The molecule has 0 atom stereocenters. The number of aliphatic hydroxyl groups excluding tert-OH is 1. The zero-order chi connectivity index (χ0) is 81.2. The van der Waals surface area contributed by atoms with Crippen molar-refractivity contribution in [1.29, 1.82) is 0 Å². The van der Waals surface area contributed by atoms with Crippen LogP contribution in [-0.4, -0.2) is 122 Å². The number of carbonyl (C=O) groups is 8. The third-order valence-electron chi connectivity index (χ3n) is 19.7. The minimum absolute atomic E-state index is 0.242. The second-order valence-corrected chi connectivity index (χ2v) is 28.9. The van der Waals surface area contributed by atoms with E-state index in [9.17, 15) is 48.6 Å². The molecule has 8 aromatic rings. The Labute approximate surface area is 665 Å². The lowest BCUT2D eigenvalue weighted by Crippen LogP contribution is -2.56. The zero-order valence-corrected chi connectivity index (χ0v) is 67.3. The topological polar surface area (TPSA) is 304 Å². The molecule has 0 saturated carbocycles. The summed E-state index contributed by atoms with van der Waals surface area (Å²) in [6, 6.07) is 53.4. The van der Waals surface area contributed by atoms with E-state index >= 15 is 0 Å². The molecular formula is C90H102BIN4O15. The molecule has 9 N–H and O–H groups in total. The van der Waals surface area contributed by atoms with E-state index in [4.69, 9.17) is 24.6 Å². The van der Waals surface area contributed by atoms with Gasteiger partial charge in [-0.25, -0.2) is 19.2 Å². The number of nitrogens with one attached hydrogen (secondary N) is 4. The Hall–Kier alpha value is -10.6. The van der Waals surface area contributed by atoms with Gasteiger partial charge in [0.05, 0.1) is 18.8 Å². The number of esters is 2. The van der Waals surface area contributed by atoms with E-state index in [2.05, 4.69) is 50.8 Å². The maximum atomic E-state index is 13.2. The number of carboxylic acids is 2. The Bertz CT molecular complexity index is 4650. The highest BCUT2D eigenvalue weighted by Crippen LogP contribution is 2.36. The van der Waals surface area contributed by atoms with Crippen LogP contribution in [-0.2, 0) is 86.4 Å². The second-order valence-electron chi connectivity index (χ2n) is 27.8. The summed E-state index contributed by atoms with van der Waals surface area (Å²) in [5, 5.41) is 54.9. The number of hydrogen-bond acceptors (Lipinski definition) is 13. The van der Waals surface area contributed by atoms with Gasteiger partial charge in [-0.15, -0.1) is 0 Å². The Morgan fingerprint density at radius 2 is 0.685 bits per heavy atom. The summed E-state index contributed by atoms with van der Waals surface area (Å²) in [5.74, 6) is -2.62. The minimum atomic E-state index is -1.29. The number of carbonyl (C=O) groups excluding carboxylic acids is 6. The van der Waals surface area contributed by atoms with Gasteiger partial charge in [-0.05, 0) is 206 Å². The Morgan fingerprint density at radius 1 is 0.405 bits per heavy atom. The molecule has 4 amide bonds. The van der Waals surface area contributed by atoms with Crippen LogP contribution in [0.25, 0.3) is 12.2 Å². The smallest absolute Gasteiger partial charge is 0.479 e. The molecular weight excluding hydrogens is 1510 g/mol. The number of amides is 4. The zero-order valence-electron chi connectivity index (χ0n) is 65.1. The fraction of sp³-hybridized carbons (Fsp3) is 0.311. The number of hydrogen-bond donors (Lipinski definition) is 9. The van der Waals surface area contributed by atoms with Crippen LogP contribution in [0.5, 0.6) is 0 Å². The van der Waals surface area contributed by atoms with Crippen LogP contribution in [0.2, 0.25) is 0 Å². The molecule has 0 aromatic heterocycles. The summed E-state index contributed by atoms with van der Waals surface area (Å²) >= 11 is 2.17. The van der Waals surface area contributed by atoms with Gasteiger partial charge >= 0.3 is 31.0 Å². The average molecular weight is 1620 g/mol. The van der Waals surface area contributed by atoms with Gasteiger partial charge in [-0.3, -0.25) is 19.2 Å². The molecule has 0 aliphatic heterocycles. The van der Waals surface area contributed by atoms with Gasteiger partial charge in [-0.1, -0.05) is 195 Å². The highest BCUT2D eigenvalue weighted by atomic mass is 127. The van der Waals surface area contributed by atoms with Crippen molar-refractivity contribution < 1.29 is 73.2 Å². The van der Waals surface area contributed by atoms with Crippen LogP contribution in [0.15, 0.2) is 194 Å². The first kappa shape index (κ1) is 87.6. The van der Waals surface area contributed by atoms with E-state index in [0.29, 0.717) is 73.6 Å². The monoisotopic (exact) mass is 1620 g/mol. The number of fused-ring (bicyclic) bond motifs is 4. The first-order chi connectivity index (χ1) is 53.1. The van der Waals surface area contributed by atoms with E-state index in [1.807, 2.05) is 211 Å². The van der Waals surface area contributed by atoms with E-state index in [1.165, 1.54) is 5.98 Å². The van der Waals surface area contributed by atoms with E-state index < -0.39 is 41.2 Å². The van der Waals surface area contributed by atoms with E-state index in [-0.39, 0.29) is 55.4 Å². The summed E-state index contributed by atoms with van der Waals surface area (Å²) in [4.78, 5) is 101. The summed E-state index contributed by atoms with van der Waals surface area (Å²) in [6.07, 6.45) is 13.9.